The van der Waals surface area contributed by atoms with Gasteiger partial charge in [0, 0.05) is 47.9 Å². The topological polar surface area (TPSA) is 51.2 Å². The molecule has 0 aliphatic carbocycles. The number of carbonyl (C=O) groups is 1. The summed E-state index contributed by atoms with van der Waals surface area (Å²) in [6, 6.07) is 13.9. The molecule has 166 valence electrons. The first-order valence-corrected chi connectivity index (χ1v) is 11.8. The van der Waals surface area contributed by atoms with E-state index in [-0.39, 0.29) is 12.0 Å². The number of halogens is 2. The summed E-state index contributed by atoms with van der Waals surface area (Å²) >= 11 is 8.63. The molecular weight excluding hydrogens is 531 g/mol. The van der Waals surface area contributed by atoms with Gasteiger partial charge in [0.25, 0.3) is 0 Å². The van der Waals surface area contributed by atoms with E-state index < -0.39 is 5.79 Å². The summed E-state index contributed by atoms with van der Waals surface area (Å²) in [4.78, 5) is 15.7. The van der Waals surface area contributed by atoms with Crippen molar-refractivity contribution < 1.29 is 19.0 Å². The predicted octanol–water partition coefficient (Wildman–Crippen LogP) is 4.28. The Morgan fingerprint density at radius 1 is 1.19 bits per heavy atom. The minimum atomic E-state index is -0.874. The van der Waals surface area contributed by atoms with Gasteiger partial charge in [-0.3, -0.25) is 4.79 Å². The highest BCUT2D eigenvalue weighted by atomic mass is 127. The standard InChI is InChI=1S/C23H26ClIN2O4/c1-16(28)26-9-11-27(12-10-26)18-4-6-19(7-5-18)29-14-20-15-30-23(2,31-20)21-8-3-17(25)13-22(21)24/h3-8,13,20H,9-12,14-15H2,1-2H3. The van der Waals surface area contributed by atoms with Gasteiger partial charge < -0.3 is 24.0 Å². The molecule has 2 saturated heterocycles. The van der Waals surface area contributed by atoms with Gasteiger partial charge in [-0.25, -0.2) is 0 Å². The first-order valence-electron chi connectivity index (χ1n) is 10.3. The number of benzene rings is 2. The number of hydrogen-bond donors (Lipinski definition) is 0. The molecule has 0 N–H and O–H groups in total. The molecule has 2 unspecified atom stereocenters. The maximum absolute atomic E-state index is 11.5. The van der Waals surface area contributed by atoms with Crippen LogP contribution in [-0.4, -0.2) is 56.3 Å². The zero-order valence-corrected chi connectivity index (χ0v) is 20.6. The van der Waals surface area contributed by atoms with Gasteiger partial charge in [-0.2, -0.15) is 0 Å². The van der Waals surface area contributed by atoms with Crippen molar-refractivity contribution in [2.24, 2.45) is 0 Å². The van der Waals surface area contributed by atoms with Crippen LogP contribution < -0.4 is 9.64 Å². The Hall–Kier alpha value is -1.55. The number of ether oxygens (including phenoxy) is 3. The van der Waals surface area contributed by atoms with E-state index in [1.165, 1.54) is 0 Å². The lowest BCUT2D eigenvalue weighted by Gasteiger charge is -2.35. The Balaban J connectivity index is 1.30. The molecule has 8 heteroatoms. The fraction of sp³-hybridized carbons (Fsp3) is 0.435. The van der Waals surface area contributed by atoms with Crippen LogP contribution in [0, 0.1) is 3.57 Å². The lowest BCUT2D eigenvalue weighted by Crippen LogP contribution is -2.48. The zero-order valence-electron chi connectivity index (χ0n) is 17.6. The van der Waals surface area contributed by atoms with Gasteiger partial charge in [-0.1, -0.05) is 17.7 Å². The summed E-state index contributed by atoms with van der Waals surface area (Å²) in [5.74, 6) is 0.0546. The molecule has 6 nitrogen and oxygen atoms in total. The third kappa shape index (κ3) is 5.27. The first-order chi connectivity index (χ1) is 14.8. The number of hydrogen-bond acceptors (Lipinski definition) is 5. The van der Waals surface area contributed by atoms with E-state index in [0.29, 0.717) is 18.2 Å². The molecule has 31 heavy (non-hydrogen) atoms. The van der Waals surface area contributed by atoms with Crippen molar-refractivity contribution in [3.63, 3.8) is 0 Å². The molecular formula is C23H26ClIN2O4. The number of piperazine rings is 1. The molecule has 0 saturated carbocycles. The largest absolute Gasteiger partial charge is 0.491 e. The summed E-state index contributed by atoms with van der Waals surface area (Å²) in [6.45, 7) is 7.55. The Morgan fingerprint density at radius 3 is 2.55 bits per heavy atom. The number of amides is 1. The third-order valence-electron chi connectivity index (χ3n) is 5.72. The Morgan fingerprint density at radius 2 is 1.90 bits per heavy atom. The average Bonchev–Trinajstić information content (AvgIpc) is 3.14. The van der Waals surface area contributed by atoms with Gasteiger partial charge in [-0.15, -0.1) is 0 Å². The second-order valence-corrected chi connectivity index (χ2v) is 9.57. The average molecular weight is 557 g/mol. The van der Waals surface area contributed by atoms with E-state index in [0.717, 1.165) is 46.7 Å². The van der Waals surface area contributed by atoms with Gasteiger partial charge in [-0.05, 0) is 65.9 Å². The lowest BCUT2D eigenvalue weighted by molar-refractivity contribution is -0.164. The zero-order chi connectivity index (χ0) is 22.0. The van der Waals surface area contributed by atoms with E-state index in [1.54, 1.807) is 6.92 Å². The van der Waals surface area contributed by atoms with Crippen LogP contribution in [0.2, 0.25) is 5.02 Å². The highest BCUT2D eigenvalue weighted by Gasteiger charge is 2.40. The number of rotatable bonds is 5. The van der Waals surface area contributed by atoms with Gasteiger partial charge in [0.15, 0.2) is 5.79 Å². The maximum atomic E-state index is 11.5. The molecule has 0 aromatic heterocycles. The van der Waals surface area contributed by atoms with Gasteiger partial charge in [0.1, 0.15) is 18.5 Å². The molecule has 2 aliphatic heterocycles. The minimum Gasteiger partial charge on any atom is -0.491 e. The van der Waals surface area contributed by atoms with Crippen LogP contribution in [0.25, 0.3) is 0 Å². The van der Waals surface area contributed by atoms with Crippen LogP contribution in [0.15, 0.2) is 42.5 Å². The maximum Gasteiger partial charge on any atom is 0.219 e. The fourth-order valence-corrected chi connectivity index (χ4v) is 4.97. The first kappa shape index (κ1) is 22.6. The van der Waals surface area contributed by atoms with Gasteiger partial charge in [0.2, 0.25) is 5.91 Å². The van der Waals surface area contributed by atoms with Crippen LogP contribution in [0.3, 0.4) is 0 Å². The van der Waals surface area contributed by atoms with E-state index >= 15 is 0 Å². The van der Waals surface area contributed by atoms with Crippen molar-refractivity contribution in [3.05, 3.63) is 56.6 Å². The molecule has 2 heterocycles. The number of nitrogens with zero attached hydrogens (tertiary/aromatic N) is 2. The van der Waals surface area contributed by atoms with E-state index in [2.05, 4.69) is 39.6 Å². The van der Waals surface area contributed by atoms with E-state index in [1.807, 2.05) is 42.2 Å². The van der Waals surface area contributed by atoms with Crippen LogP contribution in [-0.2, 0) is 20.1 Å². The van der Waals surface area contributed by atoms with Crippen LogP contribution in [0.1, 0.15) is 19.4 Å². The highest BCUT2D eigenvalue weighted by molar-refractivity contribution is 14.1. The molecule has 2 aromatic rings. The predicted molar refractivity (Wildman–Crippen MR) is 129 cm³/mol. The fourth-order valence-electron chi connectivity index (χ4n) is 3.94. The van der Waals surface area contributed by atoms with Crippen molar-refractivity contribution in [3.8, 4) is 5.75 Å². The van der Waals surface area contributed by atoms with Crippen LogP contribution in [0.5, 0.6) is 5.75 Å². The van der Waals surface area contributed by atoms with E-state index in [9.17, 15) is 4.79 Å². The minimum absolute atomic E-state index is 0.141. The molecule has 2 atom stereocenters. The second-order valence-electron chi connectivity index (χ2n) is 7.92. The SMILES string of the molecule is CC(=O)N1CCN(c2ccc(OCC3COC(C)(c4ccc(I)cc4Cl)O3)cc2)CC1. The van der Waals surface area contributed by atoms with Gasteiger partial charge in [0.05, 0.1) is 11.6 Å². The van der Waals surface area contributed by atoms with Crippen molar-refractivity contribution in [1.29, 1.82) is 0 Å². The molecule has 0 bridgehead atoms. The highest BCUT2D eigenvalue weighted by Crippen LogP contribution is 2.38. The van der Waals surface area contributed by atoms with Crippen molar-refractivity contribution in [2.75, 3.05) is 44.3 Å². The molecule has 1 amide bonds. The van der Waals surface area contributed by atoms with Crippen molar-refractivity contribution >= 4 is 45.8 Å². The lowest BCUT2D eigenvalue weighted by atomic mass is 10.1. The quantitative estimate of drug-likeness (QED) is 0.515. The smallest absolute Gasteiger partial charge is 0.219 e. The molecule has 2 aromatic carbocycles. The number of carbonyl (C=O) groups excluding carboxylic acids is 1. The Kier molecular flexibility index (Phi) is 6.95. The van der Waals surface area contributed by atoms with Crippen molar-refractivity contribution in [1.82, 2.24) is 4.90 Å². The molecule has 2 aliphatic rings. The van der Waals surface area contributed by atoms with Gasteiger partial charge >= 0.3 is 0 Å². The van der Waals surface area contributed by atoms with E-state index in [4.69, 9.17) is 25.8 Å². The normalized spacial score (nSPS) is 23.8. The summed E-state index contributed by atoms with van der Waals surface area (Å²) in [5.41, 5.74) is 1.96. The molecule has 0 spiro atoms. The second kappa shape index (κ2) is 9.52. The summed E-state index contributed by atoms with van der Waals surface area (Å²) in [7, 11) is 0. The third-order valence-corrected chi connectivity index (χ3v) is 6.70. The Bertz CT molecular complexity index is 934. The summed E-state index contributed by atoms with van der Waals surface area (Å²) in [6.07, 6.45) is -0.181. The van der Waals surface area contributed by atoms with Crippen LogP contribution in [0.4, 0.5) is 5.69 Å². The molecule has 4 rings (SSSR count). The summed E-state index contributed by atoms with van der Waals surface area (Å²) < 4.78 is 19.1. The molecule has 0 radical (unpaired) electrons. The summed E-state index contributed by atoms with van der Waals surface area (Å²) in [5, 5.41) is 0.635. The van der Waals surface area contributed by atoms with Crippen LogP contribution >= 0.6 is 34.2 Å². The number of anilines is 1. The van der Waals surface area contributed by atoms with Crippen molar-refractivity contribution in [2.45, 2.75) is 25.7 Å². The Labute approximate surface area is 201 Å². The monoisotopic (exact) mass is 556 g/mol. The molecule has 2 fully saturated rings.